The highest BCUT2D eigenvalue weighted by Crippen LogP contribution is 2.39. The minimum absolute atomic E-state index is 0.0454. The smallest absolute Gasteiger partial charge is 0.126 e. The van der Waals surface area contributed by atoms with Gasteiger partial charge in [-0.25, -0.2) is 18.6 Å². The topological polar surface area (TPSA) is 73.7 Å². The number of aryl methyl sites for hydroxylation is 1. The highest BCUT2D eigenvalue weighted by atomic mass is 32.2. The van der Waals surface area contributed by atoms with Crippen LogP contribution in [0.2, 0.25) is 0 Å². The zero-order chi connectivity index (χ0) is 23.2. The molecule has 0 bridgehead atoms. The average Bonchev–Trinajstić information content (AvgIpc) is 3.34. The molecule has 2 heterocycles. The van der Waals surface area contributed by atoms with Crippen molar-refractivity contribution in [3.63, 3.8) is 0 Å². The van der Waals surface area contributed by atoms with Crippen LogP contribution in [0.25, 0.3) is 10.9 Å². The van der Waals surface area contributed by atoms with Crippen LogP contribution in [0.5, 0.6) is 5.75 Å². The van der Waals surface area contributed by atoms with E-state index in [4.69, 9.17) is 9.47 Å². The first kappa shape index (κ1) is 22.2. The molecule has 5 rings (SSSR count). The molecule has 1 aliphatic heterocycles. The summed E-state index contributed by atoms with van der Waals surface area (Å²) < 4.78 is 42.8. The molecule has 1 aliphatic carbocycles. The standard InChI is InChI=1S/C25H28FN3O3S/c1-15-10-18(29-33(2,3)30)13-21-25(15)20(27-14-28-21)11-16-4-5-17(26)12-24(16)32-23-7-6-22-19(23)8-9-31-22/h4-5,10,12-14,19,22-23H,6-9,11H2,1-3H3/t19-,22-,23+/m0/s1. The fourth-order valence-corrected chi connectivity index (χ4v) is 5.71. The highest BCUT2D eigenvalue weighted by molar-refractivity contribution is 7.92. The van der Waals surface area contributed by atoms with Crippen molar-refractivity contribution in [2.45, 2.75) is 44.8 Å². The minimum atomic E-state index is -2.28. The number of benzene rings is 2. The number of hydrogen-bond donors (Lipinski definition) is 0. The van der Waals surface area contributed by atoms with Crippen LogP contribution < -0.4 is 4.74 Å². The molecule has 0 unspecified atom stereocenters. The van der Waals surface area contributed by atoms with Crippen molar-refractivity contribution >= 4 is 26.3 Å². The van der Waals surface area contributed by atoms with Crippen LogP contribution in [0.15, 0.2) is 41.0 Å². The normalized spacial score (nSPS) is 22.5. The van der Waals surface area contributed by atoms with Crippen molar-refractivity contribution < 1.29 is 18.1 Å². The lowest BCUT2D eigenvalue weighted by Gasteiger charge is -2.21. The van der Waals surface area contributed by atoms with Crippen LogP contribution in [-0.2, 0) is 20.9 Å². The van der Waals surface area contributed by atoms with Gasteiger partial charge in [0.05, 0.1) is 23.0 Å². The third-order valence-electron chi connectivity index (χ3n) is 6.46. The summed E-state index contributed by atoms with van der Waals surface area (Å²) in [4.78, 5) is 8.97. The molecule has 2 aromatic carbocycles. The molecule has 8 heteroatoms. The van der Waals surface area contributed by atoms with Gasteiger partial charge >= 0.3 is 0 Å². The maximum atomic E-state index is 14.2. The summed E-state index contributed by atoms with van der Waals surface area (Å²) >= 11 is 0. The molecule has 2 fully saturated rings. The Balaban J connectivity index is 1.49. The molecule has 0 spiro atoms. The van der Waals surface area contributed by atoms with Gasteiger partial charge < -0.3 is 9.47 Å². The molecule has 174 valence electrons. The molecule has 0 amide bonds. The van der Waals surface area contributed by atoms with E-state index >= 15 is 0 Å². The summed E-state index contributed by atoms with van der Waals surface area (Å²) in [6, 6.07) is 8.46. The van der Waals surface area contributed by atoms with Gasteiger partial charge in [0.25, 0.3) is 0 Å². The zero-order valence-electron chi connectivity index (χ0n) is 19.1. The van der Waals surface area contributed by atoms with Crippen LogP contribution in [-0.4, -0.2) is 45.5 Å². The van der Waals surface area contributed by atoms with Gasteiger partial charge in [0.15, 0.2) is 0 Å². The molecule has 1 saturated carbocycles. The van der Waals surface area contributed by atoms with E-state index in [0.29, 0.717) is 23.8 Å². The Morgan fingerprint density at radius 2 is 2.03 bits per heavy atom. The minimum Gasteiger partial charge on any atom is -0.490 e. The van der Waals surface area contributed by atoms with Crippen molar-refractivity contribution in [1.82, 2.24) is 9.97 Å². The lowest BCUT2D eigenvalue weighted by Crippen LogP contribution is -2.24. The van der Waals surface area contributed by atoms with Crippen LogP contribution in [0.1, 0.15) is 36.1 Å². The third kappa shape index (κ3) is 4.73. The van der Waals surface area contributed by atoms with Crippen molar-refractivity contribution in [2.24, 2.45) is 10.3 Å². The summed E-state index contributed by atoms with van der Waals surface area (Å²) in [5.74, 6) is 0.627. The summed E-state index contributed by atoms with van der Waals surface area (Å²) in [5.41, 5.74) is 4.06. The van der Waals surface area contributed by atoms with E-state index in [-0.39, 0.29) is 18.0 Å². The molecule has 3 aromatic rings. The second-order valence-corrected chi connectivity index (χ2v) is 11.8. The van der Waals surface area contributed by atoms with Crippen LogP contribution >= 0.6 is 0 Å². The Kier molecular flexibility index (Phi) is 5.82. The van der Waals surface area contributed by atoms with E-state index in [0.717, 1.165) is 53.6 Å². The number of aromatic nitrogens is 2. The SMILES string of the molecule is Cc1cc(N=S(C)(C)=O)cc2ncnc(Cc3ccc(F)cc3O[C@@H]3CC[C@@H]4OCC[C@@H]43)c12. The van der Waals surface area contributed by atoms with Crippen LogP contribution in [0.3, 0.4) is 0 Å². The Labute approximate surface area is 193 Å². The van der Waals surface area contributed by atoms with Crippen molar-refractivity contribution in [3.8, 4) is 5.75 Å². The van der Waals surface area contributed by atoms with Gasteiger partial charge in [-0.05, 0) is 49.9 Å². The van der Waals surface area contributed by atoms with Gasteiger partial charge in [-0.1, -0.05) is 6.07 Å². The molecule has 6 nitrogen and oxygen atoms in total. The van der Waals surface area contributed by atoms with Gasteiger partial charge in [0.1, 0.15) is 24.0 Å². The molecule has 2 aliphatic rings. The number of halogens is 1. The molecule has 1 aromatic heterocycles. The molecule has 3 atom stereocenters. The lowest BCUT2D eigenvalue weighted by molar-refractivity contribution is 0.0890. The van der Waals surface area contributed by atoms with E-state index < -0.39 is 9.73 Å². The van der Waals surface area contributed by atoms with Crippen molar-refractivity contribution in [2.75, 3.05) is 19.1 Å². The first-order valence-corrected chi connectivity index (χ1v) is 13.6. The number of ether oxygens (including phenoxy) is 2. The van der Waals surface area contributed by atoms with Gasteiger partial charge in [-0.2, -0.15) is 4.36 Å². The predicted octanol–water partition coefficient (Wildman–Crippen LogP) is 4.97. The van der Waals surface area contributed by atoms with E-state index in [1.807, 2.05) is 19.1 Å². The number of nitrogens with zero attached hydrogens (tertiary/aromatic N) is 3. The quantitative estimate of drug-likeness (QED) is 0.527. The van der Waals surface area contributed by atoms with E-state index in [2.05, 4.69) is 14.3 Å². The second-order valence-electron chi connectivity index (χ2n) is 9.27. The number of rotatable bonds is 5. The first-order valence-electron chi connectivity index (χ1n) is 11.2. The second kappa shape index (κ2) is 8.65. The van der Waals surface area contributed by atoms with E-state index in [1.165, 1.54) is 18.5 Å². The third-order valence-corrected chi connectivity index (χ3v) is 7.11. The summed E-state index contributed by atoms with van der Waals surface area (Å²) in [6.07, 6.45) is 8.45. The van der Waals surface area contributed by atoms with Crippen molar-refractivity contribution in [3.05, 3.63) is 59.3 Å². The number of hydrogen-bond acceptors (Lipinski definition) is 6. The Morgan fingerprint density at radius 3 is 2.85 bits per heavy atom. The first-order chi connectivity index (χ1) is 15.8. The molecule has 33 heavy (non-hydrogen) atoms. The monoisotopic (exact) mass is 469 g/mol. The lowest BCUT2D eigenvalue weighted by atomic mass is 10.0. The zero-order valence-corrected chi connectivity index (χ0v) is 19.9. The maximum absolute atomic E-state index is 14.2. The average molecular weight is 470 g/mol. The van der Waals surface area contributed by atoms with E-state index in [9.17, 15) is 8.60 Å². The van der Waals surface area contributed by atoms with Crippen LogP contribution in [0, 0.1) is 18.7 Å². The van der Waals surface area contributed by atoms with Crippen LogP contribution in [0.4, 0.5) is 10.1 Å². The van der Waals surface area contributed by atoms with Gasteiger partial charge in [-0.3, -0.25) is 0 Å². The Hall–Kier alpha value is -2.58. The fourth-order valence-electron chi connectivity index (χ4n) is 5.10. The summed E-state index contributed by atoms with van der Waals surface area (Å²) in [7, 11) is -2.28. The predicted molar refractivity (Wildman–Crippen MR) is 127 cm³/mol. The fraction of sp³-hybridized carbons (Fsp3) is 0.440. The molecular formula is C25H28FN3O3S. The van der Waals surface area contributed by atoms with Gasteiger partial charge in [-0.15, -0.1) is 0 Å². The van der Waals surface area contributed by atoms with E-state index in [1.54, 1.807) is 18.6 Å². The highest BCUT2D eigenvalue weighted by Gasteiger charge is 2.41. The largest absolute Gasteiger partial charge is 0.490 e. The number of fused-ring (bicyclic) bond motifs is 2. The Bertz CT molecular complexity index is 1330. The maximum Gasteiger partial charge on any atom is 0.126 e. The summed E-state index contributed by atoms with van der Waals surface area (Å²) in [6.45, 7) is 2.75. The van der Waals surface area contributed by atoms with Crippen molar-refractivity contribution in [1.29, 1.82) is 0 Å². The van der Waals surface area contributed by atoms with Gasteiger partial charge in [0.2, 0.25) is 0 Å². The summed E-state index contributed by atoms with van der Waals surface area (Å²) in [5, 5.41) is 0.926. The molecular weight excluding hydrogens is 441 g/mol. The molecule has 1 saturated heterocycles. The molecule has 0 N–H and O–H groups in total. The molecule has 0 radical (unpaired) electrons. The van der Waals surface area contributed by atoms with Gasteiger partial charge in [0, 0.05) is 58.2 Å². The Morgan fingerprint density at radius 1 is 1.18 bits per heavy atom.